The lowest BCUT2D eigenvalue weighted by atomic mass is 10.1. The van der Waals surface area contributed by atoms with Crippen LogP contribution in [0.2, 0.25) is 0 Å². The van der Waals surface area contributed by atoms with Crippen molar-refractivity contribution in [2.45, 2.75) is 32.4 Å². The van der Waals surface area contributed by atoms with Gasteiger partial charge in [0.05, 0.1) is 22.8 Å². The number of imidazole rings is 1. The number of anilines is 1. The number of ether oxygens (including phenoxy) is 3. The van der Waals surface area contributed by atoms with Gasteiger partial charge in [-0.05, 0) is 37.3 Å². The van der Waals surface area contributed by atoms with Crippen LogP contribution in [0.3, 0.4) is 0 Å². The fourth-order valence-electron chi connectivity index (χ4n) is 4.79. The molecule has 0 amide bonds. The standard InChI is InChI=1S/C27H25N3O4/c1-3-26(31)34-25-15-32-24-13-17(11-12-19(24)25)29-21-14-33-27-18(21)7-6-10-23(27)30-16(2)28-20-8-4-5-9-22(20)30/h4-13,21,25,29H,3,14-15H2,1-2H3/t21?,25-/m1/s1. The zero-order valence-electron chi connectivity index (χ0n) is 19.1. The minimum absolute atomic E-state index is 0.00166. The number of benzene rings is 3. The average molecular weight is 456 g/mol. The molecule has 0 aliphatic carbocycles. The van der Waals surface area contributed by atoms with Gasteiger partial charge in [0.1, 0.15) is 30.5 Å². The van der Waals surface area contributed by atoms with Gasteiger partial charge >= 0.3 is 5.97 Å². The second-order valence-electron chi connectivity index (χ2n) is 8.58. The van der Waals surface area contributed by atoms with Crippen LogP contribution in [0, 0.1) is 6.92 Å². The highest BCUT2D eigenvalue weighted by Gasteiger charge is 2.30. The number of fused-ring (bicyclic) bond motifs is 3. The first-order chi connectivity index (χ1) is 16.6. The van der Waals surface area contributed by atoms with Crippen LogP contribution in [0.4, 0.5) is 5.69 Å². The lowest BCUT2D eigenvalue weighted by Crippen LogP contribution is -2.12. The molecule has 0 saturated carbocycles. The SMILES string of the molecule is CCC(=O)O[C@@H]1COc2cc(NC3COc4c3cccc4-n3c(C)nc4ccccc43)ccc21. The van der Waals surface area contributed by atoms with E-state index in [4.69, 9.17) is 19.2 Å². The summed E-state index contributed by atoms with van der Waals surface area (Å²) in [5.41, 5.74) is 5.95. The summed E-state index contributed by atoms with van der Waals surface area (Å²) >= 11 is 0. The van der Waals surface area contributed by atoms with E-state index in [0.29, 0.717) is 19.6 Å². The van der Waals surface area contributed by atoms with Crippen LogP contribution < -0.4 is 14.8 Å². The molecule has 1 N–H and O–H groups in total. The van der Waals surface area contributed by atoms with Crippen molar-refractivity contribution in [1.82, 2.24) is 9.55 Å². The maximum atomic E-state index is 11.7. The maximum Gasteiger partial charge on any atom is 0.306 e. The van der Waals surface area contributed by atoms with Crippen molar-refractivity contribution in [2.75, 3.05) is 18.5 Å². The van der Waals surface area contributed by atoms with Crippen molar-refractivity contribution in [2.24, 2.45) is 0 Å². The molecular weight excluding hydrogens is 430 g/mol. The summed E-state index contributed by atoms with van der Waals surface area (Å²) < 4.78 is 19.6. The van der Waals surface area contributed by atoms with Crippen LogP contribution in [0.5, 0.6) is 11.5 Å². The Bertz CT molecular complexity index is 1410. The summed E-state index contributed by atoms with van der Waals surface area (Å²) in [5, 5.41) is 3.58. The Hall–Kier alpha value is -4.00. The molecule has 2 atom stereocenters. The van der Waals surface area contributed by atoms with Gasteiger partial charge in [-0.2, -0.15) is 0 Å². The number of carbonyl (C=O) groups excluding carboxylic acids is 1. The first-order valence-corrected chi connectivity index (χ1v) is 11.6. The molecule has 7 heteroatoms. The van der Waals surface area contributed by atoms with E-state index in [0.717, 1.165) is 50.9 Å². The zero-order chi connectivity index (χ0) is 23.2. The largest absolute Gasteiger partial charge is 0.489 e. The molecule has 4 aromatic rings. The van der Waals surface area contributed by atoms with E-state index in [1.54, 1.807) is 6.92 Å². The summed E-state index contributed by atoms with van der Waals surface area (Å²) in [7, 11) is 0. The third-order valence-corrected chi connectivity index (χ3v) is 6.42. The number of nitrogens with one attached hydrogen (secondary N) is 1. The van der Waals surface area contributed by atoms with Gasteiger partial charge in [-0.1, -0.05) is 31.2 Å². The molecule has 2 aliphatic rings. The fraction of sp³-hybridized carbons (Fsp3) is 0.259. The van der Waals surface area contributed by atoms with E-state index in [-0.39, 0.29) is 18.1 Å². The van der Waals surface area contributed by atoms with Gasteiger partial charge in [-0.15, -0.1) is 0 Å². The average Bonchev–Trinajstić information content (AvgIpc) is 3.54. The number of hydrogen-bond donors (Lipinski definition) is 1. The fourth-order valence-corrected chi connectivity index (χ4v) is 4.79. The van der Waals surface area contributed by atoms with Crippen LogP contribution in [0.1, 0.15) is 42.4 Å². The number of para-hydroxylation sites is 3. The number of carbonyl (C=O) groups is 1. The summed E-state index contributed by atoms with van der Waals surface area (Å²) in [6, 6.07) is 20.3. The zero-order valence-corrected chi connectivity index (χ0v) is 19.1. The van der Waals surface area contributed by atoms with Gasteiger partial charge in [0.25, 0.3) is 0 Å². The van der Waals surface area contributed by atoms with Gasteiger partial charge < -0.3 is 19.5 Å². The molecule has 1 unspecified atom stereocenters. The van der Waals surface area contributed by atoms with Crippen LogP contribution in [-0.4, -0.2) is 28.7 Å². The lowest BCUT2D eigenvalue weighted by Gasteiger charge is -2.15. The number of nitrogens with zero attached hydrogens (tertiary/aromatic N) is 2. The summed E-state index contributed by atoms with van der Waals surface area (Å²) in [5.74, 6) is 2.31. The molecule has 6 rings (SSSR count). The van der Waals surface area contributed by atoms with E-state index >= 15 is 0 Å². The van der Waals surface area contributed by atoms with E-state index in [1.165, 1.54) is 0 Å². The van der Waals surface area contributed by atoms with Gasteiger partial charge in [0.15, 0.2) is 6.10 Å². The summed E-state index contributed by atoms with van der Waals surface area (Å²) in [4.78, 5) is 16.4. The smallest absolute Gasteiger partial charge is 0.306 e. The number of hydrogen-bond acceptors (Lipinski definition) is 6. The molecule has 7 nitrogen and oxygen atoms in total. The minimum Gasteiger partial charge on any atom is -0.489 e. The Morgan fingerprint density at radius 2 is 1.97 bits per heavy atom. The van der Waals surface area contributed by atoms with Crippen molar-refractivity contribution < 1.29 is 19.0 Å². The lowest BCUT2D eigenvalue weighted by molar-refractivity contribution is -0.149. The van der Waals surface area contributed by atoms with Crippen LogP contribution >= 0.6 is 0 Å². The number of rotatable bonds is 5. The predicted octanol–water partition coefficient (Wildman–Crippen LogP) is 5.27. The Balaban J connectivity index is 1.28. The van der Waals surface area contributed by atoms with Crippen LogP contribution in [0.15, 0.2) is 60.7 Å². The molecule has 3 heterocycles. The quantitative estimate of drug-likeness (QED) is 0.414. The Kier molecular flexibility index (Phi) is 4.90. The third-order valence-electron chi connectivity index (χ3n) is 6.42. The van der Waals surface area contributed by atoms with Crippen molar-refractivity contribution >= 4 is 22.7 Å². The van der Waals surface area contributed by atoms with Gasteiger partial charge in [0.2, 0.25) is 0 Å². The van der Waals surface area contributed by atoms with Crippen molar-refractivity contribution in [3.8, 4) is 17.2 Å². The van der Waals surface area contributed by atoms with E-state index in [9.17, 15) is 4.79 Å². The number of aromatic nitrogens is 2. The Morgan fingerprint density at radius 1 is 1.09 bits per heavy atom. The van der Waals surface area contributed by atoms with E-state index < -0.39 is 0 Å². The molecule has 1 aromatic heterocycles. The molecule has 2 aliphatic heterocycles. The van der Waals surface area contributed by atoms with Crippen molar-refractivity contribution in [3.05, 3.63) is 77.6 Å². The predicted molar refractivity (Wildman–Crippen MR) is 129 cm³/mol. The summed E-state index contributed by atoms with van der Waals surface area (Å²) in [6.07, 6.45) is 0.00555. The Morgan fingerprint density at radius 3 is 2.85 bits per heavy atom. The highest BCUT2D eigenvalue weighted by Crippen LogP contribution is 2.42. The van der Waals surface area contributed by atoms with E-state index in [2.05, 4.69) is 34.1 Å². The molecule has 34 heavy (non-hydrogen) atoms. The van der Waals surface area contributed by atoms with Crippen molar-refractivity contribution in [1.29, 1.82) is 0 Å². The molecule has 0 saturated heterocycles. The van der Waals surface area contributed by atoms with E-state index in [1.807, 2.05) is 43.3 Å². The Labute approximate surface area is 197 Å². The topological polar surface area (TPSA) is 74.6 Å². The summed E-state index contributed by atoms with van der Waals surface area (Å²) in [6.45, 7) is 4.67. The van der Waals surface area contributed by atoms with Gasteiger partial charge in [-0.3, -0.25) is 9.36 Å². The molecule has 172 valence electrons. The molecule has 3 aromatic carbocycles. The molecule has 0 bridgehead atoms. The monoisotopic (exact) mass is 455 g/mol. The first kappa shape index (κ1) is 20.6. The van der Waals surface area contributed by atoms with Crippen LogP contribution in [0.25, 0.3) is 16.7 Å². The highest BCUT2D eigenvalue weighted by molar-refractivity contribution is 5.79. The molecule has 0 radical (unpaired) electrons. The second-order valence-corrected chi connectivity index (χ2v) is 8.58. The maximum absolute atomic E-state index is 11.7. The van der Waals surface area contributed by atoms with Crippen molar-refractivity contribution in [3.63, 3.8) is 0 Å². The molecule has 0 fully saturated rings. The first-order valence-electron chi connectivity index (χ1n) is 11.6. The number of aryl methyl sites for hydroxylation is 1. The number of esters is 1. The normalized spacial score (nSPS) is 18.2. The van der Waals surface area contributed by atoms with Gasteiger partial charge in [-0.25, -0.2) is 4.98 Å². The molecular formula is C27H25N3O4. The third kappa shape index (κ3) is 3.36. The molecule has 0 spiro atoms. The highest BCUT2D eigenvalue weighted by atomic mass is 16.6. The minimum atomic E-state index is -0.345. The van der Waals surface area contributed by atoms with Gasteiger partial charge in [0, 0.05) is 29.3 Å². The second kappa shape index (κ2) is 8.09. The van der Waals surface area contributed by atoms with Crippen LogP contribution in [-0.2, 0) is 9.53 Å².